The number of aryl methyl sites for hydroxylation is 1. The Balaban J connectivity index is 2.00. The van der Waals surface area contributed by atoms with Crippen molar-refractivity contribution in [2.75, 3.05) is 4.90 Å². The molecular weight excluding hydrogens is 274 g/mol. The van der Waals surface area contributed by atoms with Crippen LogP contribution in [0, 0.1) is 0 Å². The van der Waals surface area contributed by atoms with Crippen LogP contribution in [0.4, 0.5) is 5.69 Å². The van der Waals surface area contributed by atoms with Gasteiger partial charge in [-0.2, -0.15) is 0 Å². The van der Waals surface area contributed by atoms with E-state index < -0.39 is 0 Å². The van der Waals surface area contributed by atoms with Crippen LogP contribution in [0.1, 0.15) is 29.4 Å². The molecule has 0 radical (unpaired) electrons. The Hall–Kier alpha value is -1.94. The molecule has 0 fully saturated rings. The molecule has 1 amide bonds. The molecule has 0 aliphatic carbocycles. The molecule has 0 saturated heterocycles. The molecule has 2 aromatic rings. The quantitative estimate of drug-likeness (QED) is 0.809. The Labute approximate surface area is 122 Å². The zero-order valence-electron chi connectivity index (χ0n) is 11.1. The van der Waals surface area contributed by atoms with Gasteiger partial charge in [-0.1, -0.05) is 29.8 Å². The molecule has 1 unspecified atom stereocenters. The summed E-state index contributed by atoms with van der Waals surface area (Å²) in [4.78, 5) is 22.5. The Morgan fingerprint density at radius 3 is 2.85 bits per heavy atom. The van der Waals surface area contributed by atoms with Crippen molar-refractivity contribution < 1.29 is 4.79 Å². The molecular formula is C15H14ClN3O. The highest BCUT2D eigenvalue weighted by atomic mass is 35.5. The molecule has 0 N–H and O–H groups in total. The Kier molecular flexibility index (Phi) is 3.40. The summed E-state index contributed by atoms with van der Waals surface area (Å²) in [5.41, 5.74) is 2.48. The molecule has 1 aromatic heterocycles. The highest BCUT2D eigenvalue weighted by molar-refractivity contribution is 6.29. The maximum absolute atomic E-state index is 12.7. The van der Waals surface area contributed by atoms with E-state index in [1.165, 1.54) is 18.0 Å². The largest absolute Gasteiger partial charge is 0.304 e. The van der Waals surface area contributed by atoms with Crippen molar-refractivity contribution in [1.82, 2.24) is 9.97 Å². The van der Waals surface area contributed by atoms with Gasteiger partial charge in [0.15, 0.2) is 0 Å². The number of amides is 1. The first-order valence-electron chi connectivity index (χ1n) is 6.56. The average Bonchev–Trinajstić information content (AvgIpc) is 2.47. The average molecular weight is 288 g/mol. The molecule has 1 aromatic carbocycles. The highest BCUT2D eigenvalue weighted by Gasteiger charge is 2.29. The summed E-state index contributed by atoms with van der Waals surface area (Å²) >= 11 is 5.71. The third-order valence-corrected chi connectivity index (χ3v) is 3.78. The van der Waals surface area contributed by atoms with E-state index >= 15 is 0 Å². The van der Waals surface area contributed by atoms with Gasteiger partial charge in [0.25, 0.3) is 5.91 Å². The lowest BCUT2D eigenvalue weighted by Gasteiger charge is -2.35. The van der Waals surface area contributed by atoms with E-state index in [4.69, 9.17) is 11.6 Å². The van der Waals surface area contributed by atoms with Gasteiger partial charge in [-0.3, -0.25) is 4.79 Å². The predicted molar refractivity (Wildman–Crippen MR) is 78.1 cm³/mol. The van der Waals surface area contributed by atoms with Crippen molar-refractivity contribution in [1.29, 1.82) is 0 Å². The Bertz CT molecular complexity index is 642. The second-order valence-corrected chi connectivity index (χ2v) is 5.30. The molecule has 102 valence electrons. The molecule has 4 nitrogen and oxygen atoms in total. The van der Waals surface area contributed by atoms with Crippen LogP contribution in [0.2, 0.25) is 5.15 Å². The zero-order chi connectivity index (χ0) is 14.1. The molecule has 1 aliphatic rings. The smallest absolute Gasteiger partial charge is 0.278 e. The fourth-order valence-corrected chi connectivity index (χ4v) is 2.64. The molecule has 0 spiro atoms. The second kappa shape index (κ2) is 5.21. The molecule has 3 rings (SSSR count). The van der Waals surface area contributed by atoms with E-state index in [1.807, 2.05) is 18.2 Å². The van der Waals surface area contributed by atoms with Crippen LogP contribution in [0.25, 0.3) is 0 Å². The topological polar surface area (TPSA) is 46.1 Å². The standard InChI is InChI=1S/C15H14ClN3O/c1-10-6-7-11-4-2-3-5-13(11)19(10)15(20)12-8-18-14(16)9-17-12/h2-5,8-10H,6-7H2,1H3. The lowest BCUT2D eigenvalue weighted by molar-refractivity contribution is 0.0970. The summed E-state index contributed by atoms with van der Waals surface area (Å²) in [6.07, 6.45) is 4.76. The van der Waals surface area contributed by atoms with Crippen molar-refractivity contribution >= 4 is 23.2 Å². The van der Waals surface area contributed by atoms with Crippen LogP contribution in [0.3, 0.4) is 0 Å². The van der Waals surface area contributed by atoms with Crippen LogP contribution in [-0.2, 0) is 6.42 Å². The number of aromatic nitrogens is 2. The molecule has 1 atom stereocenters. The van der Waals surface area contributed by atoms with Gasteiger partial charge in [-0.25, -0.2) is 9.97 Å². The first-order chi connectivity index (χ1) is 9.66. The van der Waals surface area contributed by atoms with Crippen LogP contribution < -0.4 is 4.90 Å². The van der Waals surface area contributed by atoms with Crippen LogP contribution in [0.15, 0.2) is 36.7 Å². The van der Waals surface area contributed by atoms with Gasteiger partial charge < -0.3 is 4.90 Å². The Morgan fingerprint density at radius 1 is 1.30 bits per heavy atom. The molecule has 1 aliphatic heterocycles. The van der Waals surface area contributed by atoms with Crippen LogP contribution in [-0.4, -0.2) is 21.9 Å². The van der Waals surface area contributed by atoms with Gasteiger partial charge >= 0.3 is 0 Å². The van der Waals surface area contributed by atoms with Gasteiger partial charge in [-0.05, 0) is 31.4 Å². The van der Waals surface area contributed by atoms with Gasteiger partial charge in [-0.15, -0.1) is 0 Å². The molecule has 5 heteroatoms. The number of fused-ring (bicyclic) bond motifs is 1. The maximum Gasteiger partial charge on any atom is 0.278 e. The highest BCUT2D eigenvalue weighted by Crippen LogP contribution is 2.31. The van der Waals surface area contributed by atoms with Gasteiger partial charge in [0, 0.05) is 11.7 Å². The number of carbonyl (C=O) groups is 1. The van der Waals surface area contributed by atoms with Crippen molar-refractivity contribution in [3.8, 4) is 0 Å². The number of nitrogens with zero attached hydrogens (tertiary/aromatic N) is 3. The summed E-state index contributed by atoms with van der Waals surface area (Å²) < 4.78 is 0. The van der Waals surface area contributed by atoms with Crippen molar-refractivity contribution in [2.45, 2.75) is 25.8 Å². The minimum Gasteiger partial charge on any atom is -0.304 e. The first-order valence-corrected chi connectivity index (χ1v) is 6.93. The molecule has 2 heterocycles. The minimum atomic E-state index is -0.131. The summed E-state index contributed by atoms with van der Waals surface area (Å²) in [6.45, 7) is 2.05. The third kappa shape index (κ3) is 2.27. The SMILES string of the molecule is CC1CCc2ccccc2N1C(=O)c1cnc(Cl)cn1. The predicted octanol–water partition coefficient (Wildman–Crippen LogP) is 3.11. The first kappa shape index (κ1) is 13.1. The second-order valence-electron chi connectivity index (χ2n) is 4.92. The number of hydrogen-bond acceptors (Lipinski definition) is 3. The molecule has 0 bridgehead atoms. The van der Waals surface area contributed by atoms with E-state index in [0.29, 0.717) is 5.69 Å². The van der Waals surface area contributed by atoms with Crippen LogP contribution >= 0.6 is 11.6 Å². The van der Waals surface area contributed by atoms with Crippen molar-refractivity contribution in [3.63, 3.8) is 0 Å². The summed E-state index contributed by atoms with van der Waals surface area (Å²) in [5, 5.41) is 0.286. The van der Waals surface area contributed by atoms with E-state index in [-0.39, 0.29) is 17.1 Å². The lowest BCUT2D eigenvalue weighted by Crippen LogP contribution is -2.42. The number of rotatable bonds is 1. The number of carbonyl (C=O) groups excluding carboxylic acids is 1. The van der Waals surface area contributed by atoms with Crippen LogP contribution in [0.5, 0.6) is 0 Å². The van der Waals surface area contributed by atoms with Gasteiger partial charge in [0.05, 0.1) is 12.4 Å². The molecule has 0 saturated carbocycles. The number of halogens is 1. The van der Waals surface area contributed by atoms with E-state index in [1.54, 1.807) is 4.90 Å². The van der Waals surface area contributed by atoms with Crippen molar-refractivity contribution in [3.05, 3.63) is 53.1 Å². The fraction of sp³-hybridized carbons (Fsp3) is 0.267. The Morgan fingerprint density at radius 2 is 2.10 bits per heavy atom. The number of para-hydroxylation sites is 1. The third-order valence-electron chi connectivity index (χ3n) is 3.58. The normalized spacial score (nSPS) is 17.7. The van der Waals surface area contributed by atoms with E-state index in [9.17, 15) is 4.79 Å². The van der Waals surface area contributed by atoms with Crippen molar-refractivity contribution in [2.24, 2.45) is 0 Å². The number of hydrogen-bond donors (Lipinski definition) is 0. The van der Waals surface area contributed by atoms with E-state index in [2.05, 4.69) is 23.0 Å². The maximum atomic E-state index is 12.7. The zero-order valence-corrected chi connectivity index (χ0v) is 11.8. The monoisotopic (exact) mass is 287 g/mol. The summed E-state index contributed by atoms with van der Waals surface area (Å²) in [7, 11) is 0. The van der Waals surface area contributed by atoms with Gasteiger partial charge in [0.1, 0.15) is 10.8 Å². The van der Waals surface area contributed by atoms with E-state index in [0.717, 1.165) is 18.5 Å². The minimum absolute atomic E-state index is 0.131. The summed E-state index contributed by atoms with van der Waals surface area (Å²) in [6, 6.07) is 8.14. The number of benzene rings is 1. The number of anilines is 1. The fourth-order valence-electron chi connectivity index (χ4n) is 2.54. The lowest BCUT2D eigenvalue weighted by atomic mass is 9.96. The summed E-state index contributed by atoms with van der Waals surface area (Å²) in [5.74, 6) is -0.131. The van der Waals surface area contributed by atoms with Gasteiger partial charge in [0.2, 0.25) is 0 Å². The molecule has 20 heavy (non-hydrogen) atoms.